The van der Waals surface area contributed by atoms with Gasteiger partial charge in [0.2, 0.25) is 0 Å². The highest BCUT2D eigenvalue weighted by atomic mass is 16.5. The lowest BCUT2D eigenvalue weighted by Crippen LogP contribution is -2.09. The van der Waals surface area contributed by atoms with Gasteiger partial charge in [0.15, 0.2) is 0 Å². The molecule has 0 aromatic heterocycles. The van der Waals surface area contributed by atoms with Crippen LogP contribution in [0.2, 0.25) is 0 Å². The first kappa shape index (κ1) is 23.7. The first-order valence-electron chi connectivity index (χ1n) is 7.11. The molecule has 0 fully saturated rings. The number of hydrogen-bond acceptors (Lipinski definition) is 4. The molecule has 120 valence electrons. The molecule has 5 nitrogen and oxygen atoms in total. The number of carbonyl (C=O) groups is 2. The predicted molar refractivity (Wildman–Crippen MR) is 82.3 cm³/mol. The Morgan fingerprint density at radius 2 is 1.70 bits per heavy atom. The molecule has 0 aliphatic heterocycles. The number of hydrogen-bond donors (Lipinski definition) is 2. The minimum Gasteiger partial charge on any atom is -0.481 e. The molecule has 0 aromatic rings. The number of methoxy groups -OCH3 is 1. The summed E-state index contributed by atoms with van der Waals surface area (Å²) in [6.07, 6.45) is 5.76. The van der Waals surface area contributed by atoms with E-state index in [0.29, 0.717) is 0 Å². The molecule has 0 aliphatic rings. The predicted octanol–water partition coefficient (Wildman–Crippen LogP) is 3.90. The van der Waals surface area contributed by atoms with Crippen molar-refractivity contribution in [2.45, 2.75) is 66.7 Å². The molecule has 0 aliphatic carbocycles. The van der Waals surface area contributed by atoms with Gasteiger partial charge in [-0.15, -0.1) is 0 Å². The summed E-state index contributed by atoms with van der Waals surface area (Å²) >= 11 is 0. The van der Waals surface area contributed by atoms with E-state index >= 15 is 0 Å². The monoisotopic (exact) mass is 289 g/mol. The Morgan fingerprint density at radius 1 is 1.25 bits per heavy atom. The third-order valence-corrected chi connectivity index (χ3v) is 2.54. The van der Waals surface area contributed by atoms with Crippen LogP contribution in [0, 0.1) is 11.3 Å². The molecule has 1 unspecified atom stereocenters. The SMILES string of the molecule is CCC(=O)O.CCCCC(C)CC.COC(=O)C(C)=N. The first-order chi connectivity index (χ1) is 9.26. The van der Waals surface area contributed by atoms with Crippen molar-refractivity contribution in [3.05, 3.63) is 0 Å². The lowest BCUT2D eigenvalue weighted by atomic mass is 10.0. The average molecular weight is 289 g/mol. The summed E-state index contributed by atoms with van der Waals surface area (Å²) in [4.78, 5) is 19.4. The Morgan fingerprint density at radius 3 is 1.85 bits per heavy atom. The number of esters is 1. The van der Waals surface area contributed by atoms with Crippen LogP contribution in [0.5, 0.6) is 0 Å². The van der Waals surface area contributed by atoms with Crippen LogP contribution in [0.15, 0.2) is 0 Å². The van der Waals surface area contributed by atoms with Gasteiger partial charge in [-0.2, -0.15) is 0 Å². The van der Waals surface area contributed by atoms with Gasteiger partial charge in [0.1, 0.15) is 5.71 Å². The molecule has 2 N–H and O–H groups in total. The summed E-state index contributed by atoms with van der Waals surface area (Å²) in [5.41, 5.74) is -0.0671. The second-order valence-electron chi connectivity index (χ2n) is 4.52. The molecule has 20 heavy (non-hydrogen) atoms. The standard InChI is InChI=1S/C8H18.C4H7NO2.C3H6O2/c1-4-6-7-8(3)5-2;1-3(5)4(6)7-2;1-2-3(4)5/h8H,4-7H2,1-3H3;5H,1-2H3;2H2,1H3,(H,4,5). The summed E-state index contributed by atoms with van der Waals surface area (Å²) < 4.78 is 4.15. The zero-order chi connectivity index (χ0) is 16.6. The van der Waals surface area contributed by atoms with Gasteiger partial charge in [-0.05, 0) is 12.8 Å². The molecule has 0 saturated carbocycles. The third-order valence-electron chi connectivity index (χ3n) is 2.54. The average Bonchev–Trinajstić information content (AvgIpc) is 2.44. The summed E-state index contributed by atoms with van der Waals surface area (Å²) in [5, 5.41) is 14.3. The molecule has 0 bridgehead atoms. The van der Waals surface area contributed by atoms with Crippen LogP contribution in [-0.2, 0) is 14.3 Å². The quantitative estimate of drug-likeness (QED) is 0.573. The fourth-order valence-electron chi connectivity index (χ4n) is 0.910. The van der Waals surface area contributed by atoms with Crippen LogP contribution >= 0.6 is 0 Å². The Bertz CT molecular complexity index is 265. The number of unbranched alkanes of at least 4 members (excludes halogenated alkanes) is 1. The van der Waals surface area contributed by atoms with Crippen LogP contribution in [0.3, 0.4) is 0 Å². The van der Waals surface area contributed by atoms with Crippen molar-refractivity contribution in [2.24, 2.45) is 5.92 Å². The number of carbonyl (C=O) groups excluding carboxylic acids is 1. The van der Waals surface area contributed by atoms with E-state index in [1.807, 2.05) is 0 Å². The number of carboxylic acid groups (broad SMARTS) is 1. The maximum atomic E-state index is 10.1. The van der Waals surface area contributed by atoms with E-state index in [-0.39, 0.29) is 12.1 Å². The van der Waals surface area contributed by atoms with Gasteiger partial charge in [0, 0.05) is 6.42 Å². The second kappa shape index (κ2) is 17.6. The van der Waals surface area contributed by atoms with Crippen LogP contribution in [0.25, 0.3) is 0 Å². The second-order valence-corrected chi connectivity index (χ2v) is 4.52. The zero-order valence-electron chi connectivity index (χ0n) is 13.8. The van der Waals surface area contributed by atoms with Crippen LogP contribution in [0.4, 0.5) is 0 Å². The third kappa shape index (κ3) is 25.5. The molecule has 0 amide bonds. The van der Waals surface area contributed by atoms with Gasteiger partial charge in [-0.1, -0.05) is 53.4 Å². The molecular formula is C15H31NO4. The fraction of sp³-hybridized carbons (Fsp3) is 0.800. The molecular weight excluding hydrogens is 258 g/mol. The molecule has 1 atom stereocenters. The number of aliphatic carboxylic acids is 1. The van der Waals surface area contributed by atoms with Gasteiger partial charge in [0.05, 0.1) is 7.11 Å². The van der Waals surface area contributed by atoms with E-state index in [1.165, 1.54) is 39.7 Å². The maximum Gasteiger partial charge on any atom is 0.351 e. The Kier molecular flexibility index (Phi) is 20.9. The van der Waals surface area contributed by atoms with E-state index < -0.39 is 11.9 Å². The Hall–Kier alpha value is -1.39. The van der Waals surface area contributed by atoms with Gasteiger partial charge in [0.25, 0.3) is 0 Å². The number of nitrogens with one attached hydrogen (secondary N) is 1. The highest BCUT2D eigenvalue weighted by molar-refractivity contribution is 6.33. The molecule has 0 heterocycles. The molecule has 0 aromatic carbocycles. The highest BCUT2D eigenvalue weighted by Crippen LogP contribution is 2.09. The largest absolute Gasteiger partial charge is 0.481 e. The van der Waals surface area contributed by atoms with Gasteiger partial charge in [-0.3, -0.25) is 10.2 Å². The lowest BCUT2D eigenvalue weighted by Gasteiger charge is -2.04. The smallest absolute Gasteiger partial charge is 0.351 e. The highest BCUT2D eigenvalue weighted by Gasteiger charge is 1.98. The summed E-state index contributed by atoms with van der Waals surface area (Å²) in [6.45, 7) is 9.83. The van der Waals surface area contributed by atoms with Crippen LogP contribution in [0.1, 0.15) is 66.7 Å². The zero-order valence-corrected chi connectivity index (χ0v) is 13.8. The Balaban J connectivity index is -0.000000223. The number of rotatable bonds is 6. The van der Waals surface area contributed by atoms with Crippen molar-refractivity contribution < 1.29 is 19.4 Å². The van der Waals surface area contributed by atoms with E-state index in [0.717, 1.165) is 5.92 Å². The maximum absolute atomic E-state index is 10.1. The van der Waals surface area contributed by atoms with Crippen molar-refractivity contribution in [3.63, 3.8) is 0 Å². The fourth-order valence-corrected chi connectivity index (χ4v) is 0.910. The lowest BCUT2D eigenvalue weighted by molar-refractivity contribution is -0.136. The van der Waals surface area contributed by atoms with Crippen molar-refractivity contribution in [1.82, 2.24) is 0 Å². The van der Waals surface area contributed by atoms with Gasteiger partial charge >= 0.3 is 11.9 Å². The summed E-state index contributed by atoms with van der Waals surface area (Å²) in [5.74, 6) is -0.361. The topological polar surface area (TPSA) is 87.5 Å². The molecule has 0 radical (unpaired) electrons. The van der Waals surface area contributed by atoms with E-state index in [1.54, 1.807) is 6.92 Å². The minimum atomic E-state index is -0.745. The Labute approximate surface area is 123 Å². The normalized spacial score (nSPS) is 10.1. The molecule has 5 heteroatoms. The van der Waals surface area contributed by atoms with Crippen molar-refractivity contribution in [2.75, 3.05) is 7.11 Å². The van der Waals surface area contributed by atoms with Gasteiger partial charge < -0.3 is 9.84 Å². The van der Waals surface area contributed by atoms with Crippen molar-refractivity contribution in [3.8, 4) is 0 Å². The summed E-state index contributed by atoms with van der Waals surface area (Å²) in [6, 6.07) is 0. The molecule has 0 rings (SSSR count). The van der Waals surface area contributed by atoms with Gasteiger partial charge in [-0.25, -0.2) is 4.79 Å². The van der Waals surface area contributed by atoms with Crippen LogP contribution < -0.4 is 0 Å². The molecule has 0 spiro atoms. The van der Waals surface area contributed by atoms with Crippen molar-refractivity contribution >= 4 is 17.7 Å². The summed E-state index contributed by atoms with van der Waals surface area (Å²) in [7, 11) is 1.25. The number of carboxylic acids is 1. The van der Waals surface area contributed by atoms with Crippen LogP contribution in [-0.4, -0.2) is 29.9 Å². The number of ether oxygens (including phenoxy) is 1. The van der Waals surface area contributed by atoms with E-state index in [4.69, 9.17) is 10.5 Å². The minimum absolute atomic E-state index is 0.0671. The molecule has 0 saturated heterocycles. The van der Waals surface area contributed by atoms with E-state index in [9.17, 15) is 9.59 Å². The van der Waals surface area contributed by atoms with E-state index in [2.05, 4.69) is 25.5 Å². The first-order valence-corrected chi connectivity index (χ1v) is 7.11. The van der Waals surface area contributed by atoms with Crippen molar-refractivity contribution in [1.29, 1.82) is 5.41 Å².